The average molecular weight is 235 g/mol. The van der Waals surface area contributed by atoms with Gasteiger partial charge in [-0.15, -0.1) is 0 Å². The predicted molar refractivity (Wildman–Crippen MR) is 64.5 cm³/mol. The first kappa shape index (κ1) is 11.9. The summed E-state index contributed by atoms with van der Waals surface area (Å²) in [4.78, 5) is 11.2. The summed E-state index contributed by atoms with van der Waals surface area (Å²) in [5.74, 6) is -0.595. The highest BCUT2D eigenvalue weighted by Crippen LogP contribution is 2.36. The Kier molecular flexibility index (Phi) is 3.33. The molecule has 4 nitrogen and oxygen atoms in total. The van der Waals surface area contributed by atoms with Crippen LogP contribution in [0.4, 0.5) is 0 Å². The molecule has 92 valence electrons. The summed E-state index contributed by atoms with van der Waals surface area (Å²) in [6.45, 7) is 0.133. The molecule has 0 aromatic heterocycles. The standard InChI is InChI=1S/C13H17NO3/c1-17-12-6-5-9(11(7-14)13(15)16)8-3-2-4-10(8)12/h5-6,11H,2-4,7,14H2,1H3,(H,15,16). The van der Waals surface area contributed by atoms with Crippen molar-refractivity contribution in [2.75, 3.05) is 13.7 Å². The summed E-state index contributed by atoms with van der Waals surface area (Å²) in [5, 5.41) is 9.17. The topological polar surface area (TPSA) is 72.5 Å². The van der Waals surface area contributed by atoms with E-state index in [0.29, 0.717) is 0 Å². The second-order valence-electron chi connectivity index (χ2n) is 4.29. The number of aliphatic carboxylic acids is 1. The van der Waals surface area contributed by atoms with Crippen LogP contribution in [0.5, 0.6) is 5.75 Å². The van der Waals surface area contributed by atoms with Gasteiger partial charge in [0.05, 0.1) is 13.0 Å². The molecule has 0 saturated carbocycles. The molecule has 1 aliphatic rings. The Morgan fingerprint density at radius 1 is 1.47 bits per heavy atom. The van der Waals surface area contributed by atoms with E-state index in [1.54, 1.807) is 7.11 Å². The van der Waals surface area contributed by atoms with Crippen LogP contribution >= 0.6 is 0 Å². The SMILES string of the molecule is COc1ccc(C(CN)C(=O)O)c2c1CCC2. The van der Waals surface area contributed by atoms with E-state index >= 15 is 0 Å². The quantitative estimate of drug-likeness (QED) is 0.825. The second kappa shape index (κ2) is 4.75. The first-order valence-corrected chi connectivity index (χ1v) is 5.80. The lowest BCUT2D eigenvalue weighted by Gasteiger charge is -2.16. The van der Waals surface area contributed by atoms with Crippen LogP contribution in [0.3, 0.4) is 0 Å². The van der Waals surface area contributed by atoms with Crippen molar-refractivity contribution in [1.29, 1.82) is 0 Å². The van der Waals surface area contributed by atoms with Gasteiger partial charge in [-0.3, -0.25) is 4.79 Å². The third kappa shape index (κ3) is 2.00. The molecule has 1 aromatic carbocycles. The lowest BCUT2D eigenvalue weighted by Crippen LogP contribution is -2.22. The van der Waals surface area contributed by atoms with Crippen molar-refractivity contribution in [3.05, 3.63) is 28.8 Å². The summed E-state index contributed by atoms with van der Waals surface area (Å²) in [7, 11) is 1.64. The zero-order valence-electron chi connectivity index (χ0n) is 9.90. The van der Waals surface area contributed by atoms with Crippen molar-refractivity contribution in [3.8, 4) is 5.75 Å². The molecule has 1 atom stereocenters. The summed E-state index contributed by atoms with van der Waals surface area (Å²) < 4.78 is 5.31. The van der Waals surface area contributed by atoms with Gasteiger partial charge in [-0.2, -0.15) is 0 Å². The van der Waals surface area contributed by atoms with Crippen LogP contribution in [0, 0.1) is 0 Å². The van der Waals surface area contributed by atoms with Crippen LogP contribution < -0.4 is 10.5 Å². The highest BCUT2D eigenvalue weighted by Gasteiger charge is 2.26. The molecule has 4 heteroatoms. The lowest BCUT2D eigenvalue weighted by molar-refractivity contribution is -0.138. The van der Waals surface area contributed by atoms with Crippen LogP contribution in [0.2, 0.25) is 0 Å². The predicted octanol–water partition coefficient (Wildman–Crippen LogP) is 1.31. The maximum absolute atomic E-state index is 11.2. The van der Waals surface area contributed by atoms with Gasteiger partial charge in [0.15, 0.2) is 0 Å². The van der Waals surface area contributed by atoms with Crippen molar-refractivity contribution in [2.24, 2.45) is 5.73 Å². The van der Waals surface area contributed by atoms with Gasteiger partial charge in [0.25, 0.3) is 0 Å². The first-order valence-electron chi connectivity index (χ1n) is 5.80. The Labute approximate surface area is 100 Å². The number of methoxy groups -OCH3 is 1. The maximum Gasteiger partial charge on any atom is 0.312 e. The van der Waals surface area contributed by atoms with Gasteiger partial charge in [0, 0.05) is 6.54 Å². The van der Waals surface area contributed by atoms with E-state index in [9.17, 15) is 9.90 Å². The van der Waals surface area contributed by atoms with Crippen molar-refractivity contribution in [1.82, 2.24) is 0 Å². The van der Waals surface area contributed by atoms with Crippen LogP contribution in [-0.2, 0) is 17.6 Å². The molecule has 0 radical (unpaired) electrons. The molecule has 0 heterocycles. The lowest BCUT2D eigenvalue weighted by atomic mass is 9.91. The van der Waals surface area contributed by atoms with E-state index in [0.717, 1.165) is 41.7 Å². The number of benzene rings is 1. The number of ether oxygens (including phenoxy) is 1. The van der Waals surface area contributed by atoms with Gasteiger partial charge in [-0.05, 0) is 42.0 Å². The van der Waals surface area contributed by atoms with Gasteiger partial charge < -0.3 is 15.6 Å². The number of carbonyl (C=O) groups is 1. The molecule has 1 aliphatic carbocycles. The largest absolute Gasteiger partial charge is 0.496 e. The summed E-state index contributed by atoms with van der Waals surface area (Å²) >= 11 is 0. The number of carboxylic acid groups (broad SMARTS) is 1. The third-order valence-corrected chi connectivity index (χ3v) is 3.41. The Hall–Kier alpha value is -1.55. The Morgan fingerprint density at radius 2 is 2.18 bits per heavy atom. The summed E-state index contributed by atoms with van der Waals surface area (Å²) in [6.07, 6.45) is 2.94. The number of rotatable bonds is 4. The maximum atomic E-state index is 11.2. The molecule has 0 bridgehead atoms. The number of nitrogens with two attached hydrogens (primary N) is 1. The average Bonchev–Trinajstić information content (AvgIpc) is 2.78. The molecule has 0 fully saturated rings. The smallest absolute Gasteiger partial charge is 0.312 e. The zero-order valence-corrected chi connectivity index (χ0v) is 9.90. The first-order chi connectivity index (χ1) is 8.19. The number of fused-ring (bicyclic) bond motifs is 1. The zero-order chi connectivity index (χ0) is 12.4. The second-order valence-corrected chi connectivity index (χ2v) is 4.29. The fourth-order valence-electron chi connectivity index (χ4n) is 2.58. The van der Waals surface area contributed by atoms with Crippen molar-refractivity contribution in [3.63, 3.8) is 0 Å². The van der Waals surface area contributed by atoms with E-state index in [1.807, 2.05) is 12.1 Å². The van der Waals surface area contributed by atoms with Crippen LogP contribution in [0.15, 0.2) is 12.1 Å². The molecule has 3 N–H and O–H groups in total. The highest BCUT2D eigenvalue weighted by molar-refractivity contribution is 5.77. The van der Waals surface area contributed by atoms with Gasteiger partial charge in [0.2, 0.25) is 0 Å². The van der Waals surface area contributed by atoms with Crippen molar-refractivity contribution < 1.29 is 14.6 Å². The number of hydrogen-bond donors (Lipinski definition) is 2. The molecule has 1 unspecified atom stereocenters. The minimum atomic E-state index is -0.855. The minimum absolute atomic E-state index is 0.133. The normalized spacial score (nSPS) is 15.4. The van der Waals surface area contributed by atoms with Gasteiger partial charge in [0.1, 0.15) is 5.75 Å². The molecule has 0 amide bonds. The summed E-state index contributed by atoms with van der Waals surface area (Å²) in [5.41, 5.74) is 8.70. The van der Waals surface area contributed by atoms with E-state index in [1.165, 1.54) is 0 Å². The molecular formula is C13H17NO3. The van der Waals surface area contributed by atoms with Crippen molar-refractivity contribution >= 4 is 5.97 Å². The van der Waals surface area contributed by atoms with Crippen LogP contribution in [0.1, 0.15) is 29.0 Å². The van der Waals surface area contributed by atoms with E-state index < -0.39 is 11.9 Å². The van der Waals surface area contributed by atoms with E-state index in [-0.39, 0.29) is 6.54 Å². The van der Waals surface area contributed by atoms with Gasteiger partial charge in [-0.1, -0.05) is 6.07 Å². The molecule has 2 rings (SSSR count). The minimum Gasteiger partial charge on any atom is -0.496 e. The Balaban J connectivity index is 2.49. The van der Waals surface area contributed by atoms with Gasteiger partial charge in [-0.25, -0.2) is 0 Å². The van der Waals surface area contributed by atoms with Crippen molar-refractivity contribution in [2.45, 2.75) is 25.2 Å². The molecule has 1 aromatic rings. The van der Waals surface area contributed by atoms with Gasteiger partial charge >= 0.3 is 5.97 Å². The van der Waals surface area contributed by atoms with Crippen LogP contribution in [-0.4, -0.2) is 24.7 Å². The molecule has 0 spiro atoms. The fraction of sp³-hybridized carbons (Fsp3) is 0.462. The van der Waals surface area contributed by atoms with Crippen LogP contribution in [0.25, 0.3) is 0 Å². The highest BCUT2D eigenvalue weighted by atomic mass is 16.5. The Morgan fingerprint density at radius 3 is 2.76 bits per heavy atom. The molecular weight excluding hydrogens is 218 g/mol. The van der Waals surface area contributed by atoms with E-state index in [2.05, 4.69) is 0 Å². The van der Waals surface area contributed by atoms with E-state index in [4.69, 9.17) is 10.5 Å². The molecule has 0 aliphatic heterocycles. The fourth-order valence-corrected chi connectivity index (χ4v) is 2.58. The number of hydrogen-bond acceptors (Lipinski definition) is 3. The Bertz CT molecular complexity index is 443. The third-order valence-electron chi connectivity index (χ3n) is 3.41. The summed E-state index contributed by atoms with van der Waals surface area (Å²) in [6, 6.07) is 3.69. The number of carboxylic acids is 1. The molecule has 17 heavy (non-hydrogen) atoms. The monoisotopic (exact) mass is 235 g/mol. The molecule has 0 saturated heterocycles.